The first-order valence-corrected chi connectivity index (χ1v) is 7.29. The van der Waals surface area contributed by atoms with Gasteiger partial charge in [0, 0.05) is 10.0 Å². The first-order valence-electron chi connectivity index (χ1n) is 5.30. The second-order valence-corrected chi connectivity index (χ2v) is 6.35. The van der Waals surface area contributed by atoms with Gasteiger partial charge in [0.15, 0.2) is 0 Å². The summed E-state index contributed by atoms with van der Waals surface area (Å²) in [6.07, 6.45) is 1.57. The molecule has 0 spiro atoms. The minimum atomic E-state index is -1.12. The average molecular weight is 348 g/mol. The number of amides is 1. The van der Waals surface area contributed by atoms with Gasteiger partial charge in [-0.2, -0.15) is 0 Å². The van der Waals surface area contributed by atoms with Gasteiger partial charge >= 0.3 is 5.97 Å². The van der Waals surface area contributed by atoms with Gasteiger partial charge in [0.1, 0.15) is 10.9 Å². The van der Waals surface area contributed by atoms with Crippen LogP contribution in [0, 0.1) is 0 Å². The van der Waals surface area contributed by atoms with Crippen LogP contribution in [-0.2, 0) is 9.59 Å². The SMILES string of the molecule is O=C(O)CN1C(=O)/C(=C/c2ccc(Cl)cc2Cl)SC1=S. The van der Waals surface area contributed by atoms with Gasteiger partial charge in [0.05, 0.1) is 4.91 Å². The molecule has 8 heteroatoms. The highest BCUT2D eigenvalue weighted by atomic mass is 35.5. The Labute approximate surface area is 134 Å². The molecule has 0 atom stereocenters. The lowest BCUT2D eigenvalue weighted by atomic mass is 10.2. The largest absolute Gasteiger partial charge is 0.480 e. The summed E-state index contributed by atoms with van der Waals surface area (Å²) in [6, 6.07) is 4.89. The summed E-state index contributed by atoms with van der Waals surface area (Å²) in [5, 5.41) is 9.64. The molecular formula is C12H7Cl2NO3S2. The van der Waals surface area contributed by atoms with Crippen LogP contribution in [0.15, 0.2) is 23.1 Å². The van der Waals surface area contributed by atoms with Crippen molar-refractivity contribution in [2.45, 2.75) is 0 Å². The number of aliphatic carboxylic acids is 1. The van der Waals surface area contributed by atoms with Crippen molar-refractivity contribution in [3.63, 3.8) is 0 Å². The van der Waals surface area contributed by atoms with Crippen LogP contribution in [0.4, 0.5) is 0 Å². The number of thiocarbonyl (C=S) groups is 1. The molecule has 0 bridgehead atoms. The second-order valence-electron chi connectivity index (χ2n) is 3.83. The molecule has 2 rings (SSSR count). The minimum Gasteiger partial charge on any atom is -0.480 e. The highest BCUT2D eigenvalue weighted by Crippen LogP contribution is 2.34. The van der Waals surface area contributed by atoms with Crippen molar-refractivity contribution in [1.82, 2.24) is 4.90 Å². The number of benzene rings is 1. The van der Waals surface area contributed by atoms with E-state index in [0.717, 1.165) is 16.7 Å². The van der Waals surface area contributed by atoms with Crippen molar-refractivity contribution in [2.24, 2.45) is 0 Å². The number of thioether (sulfide) groups is 1. The molecule has 0 aromatic heterocycles. The molecule has 0 radical (unpaired) electrons. The first-order chi connectivity index (χ1) is 9.38. The van der Waals surface area contributed by atoms with Crippen LogP contribution in [0.5, 0.6) is 0 Å². The van der Waals surface area contributed by atoms with Gasteiger partial charge in [-0.25, -0.2) is 0 Å². The summed E-state index contributed by atoms with van der Waals surface area (Å²) >= 11 is 17.9. The minimum absolute atomic E-state index is 0.216. The number of nitrogens with zero attached hydrogens (tertiary/aromatic N) is 1. The van der Waals surface area contributed by atoms with Crippen LogP contribution < -0.4 is 0 Å². The van der Waals surface area contributed by atoms with E-state index in [-0.39, 0.29) is 4.32 Å². The Kier molecular flexibility index (Phi) is 4.70. The van der Waals surface area contributed by atoms with E-state index >= 15 is 0 Å². The quantitative estimate of drug-likeness (QED) is 0.671. The lowest BCUT2D eigenvalue weighted by molar-refractivity contribution is -0.140. The summed E-state index contributed by atoms with van der Waals surface area (Å²) in [6.45, 7) is -0.448. The van der Waals surface area contributed by atoms with Crippen LogP contribution in [0.1, 0.15) is 5.56 Å². The molecule has 1 aromatic carbocycles. The number of halogens is 2. The molecular weight excluding hydrogens is 341 g/mol. The van der Waals surface area contributed by atoms with E-state index in [1.807, 2.05) is 0 Å². The fourth-order valence-corrected chi connectivity index (χ4v) is 3.24. The highest BCUT2D eigenvalue weighted by Gasteiger charge is 2.33. The standard InChI is InChI=1S/C12H7Cl2NO3S2/c13-7-2-1-6(8(14)4-7)3-9-11(18)15(5-10(16)17)12(19)20-9/h1-4H,5H2,(H,16,17)/b9-3-. The monoisotopic (exact) mass is 347 g/mol. The predicted molar refractivity (Wildman–Crippen MR) is 84.0 cm³/mol. The molecule has 1 saturated heterocycles. The van der Waals surface area contributed by atoms with Crippen molar-refractivity contribution >= 4 is 69.5 Å². The van der Waals surface area contributed by atoms with Gasteiger partial charge in [-0.3, -0.25) is 14.5 Å². The maximum absolute atomic E-state index is 12.1. The lowest BCUT2D eigenvalue weighted by Crippen LogP contribution is -2.33. The molecule has 1 aromatic rings. The molecule has 1 aliphatic heterocycles. The molecule has 1 amide bonds. The van der Waals surface area contributed by atoms with Crippen LogP contribution in [0.2, 0.25) is 10.0 Å². The molecule has 4 nitrogen and oxygen atoms in total. The van der Waals surface area contributed by atoms with Crippen molar-refractivity contribution in [3.05, 3.63) is 38.7 Å². The van der Waals surface area contributed by atoms with Gasteiger partial charge in [-0.15, -0.1) is 0 Å². The topological polar surface area (TPSA) is 57.6 Å². The van der Waals surface area contributed by atoms with Crippen LogP contribution >= 0.6 is 47.2 Å². The molecule has 0 unspecified atom stereocenters. The number of carboxylic acids is 1. The Morgan fingerprint density at radius 2 is 2.15 bits per heavy atom. The number of hydrogen-bond donors (Lipinski definition) is 1. The molecule has 1 fully saturated rings. The molecule has 1 aliphatic rings. The fourth-order valence-electron chi connectivity index (χ4n) is 1.53. The lowest BCUT2D eigenvalue weighted by Gasteiger charge is -2.10. The molecule has 20 heavy (non-hydrogen) atoms. The zero-order valence-corrected chi connectivity index (χ0v) is 12.9. The third-order valence-corrected chi connectivity index (χ3v) is 4.36. The number of hydrogen-bond acceptors (Lipinski definition) is 4. The van der Waals surface area contributed by atoms with Crippen LogP contribution in [-0.4, -0.2) is 32.7 Å². The van der Waals surface area contributed by atoms with Crippen LogP contribution in [0.3, 0.4) is 0 Å². The summed E-state index contributed by atoms with van der Waals surface area (Å²) in [5.41, 5.74) is 0.617. The number of carbonyl (C=O) groups excluding carboxylic acids is 1. The smallest absolute Gasteiger partial charge is 0.323 e. The first kappa shape index (κ1) is 15.3. The van der Waals surface area contributed by atoms with Crippen molar-refractivity contribution in [3.8, 4) is 0 Å². The second kappa shape index (κ2) is 6.13. The number of carboxylic acid groups (broad SMARTS) is 1. The van der Waals surface area contributed by atoms with Gasteiger partial charge in [0.25, 0.3) is 5.91 Å². The Hall–Kier alpha value is -1.08. The van der Waals surface area contributed by atoms with Crippen molar-refractivity contribution < 1.29 is 14.7 Å². The zero-order valence-electron chi connectivity index (χ0n) is 9.80. The summed E-state index contributed by atoms with van der Waals surface area (Å²) < 4.78 is 0.216. The number of carbonyl (C=O) groups is 2. The van der Waals surface area contributed by atoms with E-state index in [1.54, 1.807) is 24.3 Å². The Balaban J connectivity index is 2.30. The molecule has 0 saturated carbocycles. The van der Waals surface area contributed by atoms with Crippen molar-refractivity contribution in [2.75, 3.05) is 6.54 Å². The molecule has 0 aliphatic carbocycles. The van der Waals surface area contributed by atoms with Crippen LogP contribution in [0.25, 0.3) is 6.08 Å². The molecule has 1 heterocycles. The maximum atomic E-state index is 12.1. The third-order valence-electron chi connectivity index (χ3n) is 2.42. The summed E-state index contributed by atoms with van der Waals surface area (Å²) in [4.78, 5) is 24.1. The van der Waals surface area contributed by atoms with E-state index in [2.05, 4.69) is 0 Å². The summed E-state index contributed by atoms with van der Waals surface area (Å²) in [5.74, 6) is -1.56. The molecule has 1 N–H and O–H groups in total. The van der Waals surface area contributed by atoms with E-state index in [4.69, 9.17) is 40.5 Å². The third kappa shape index (κ3) is 3.32. The van der Waals surface area contributed by atoms with E-state index in [9.17, 15) is 9.59 Å². The summed E-state index contributed by atoms with van der Waals surface area (Å²) in [7, 11) is 0. The fraction of sp³-hybridized carbons (Fsp3) is 0.0833. The zero-order chi connectivity index (χ0) is 14.9. The van der Waals surface area contributed by atoms with Gasteiger partial charge in [-0.1, -0.05) is 53.2 Å². The molecule has 104 valence electrons. The Morgan fingerprint density at radius 1 is 1.45 bits per heavy atom. The van der Waals surface area contributed by atoms with Gasteiger partial charge in [0.2, 0.25) is 0 Å². The van der Waals surface area contributed by atoms with Gasteiger partial charge < -0.3 is 5.11 Å². The Morgan fingerprint density at radius 3 is 2.75 bits per heavy atom. The van der Waals surface area contributed by atoms with Crippen molar-refractivity contribution in [1.29, 1.82) is 0 Å². The van der Waals surface area contributed by atoms with E-state index < -0.39 is 18.4 Å². The Bertz CT molecular complexity index is 646. The average Bonchev–Trinajstić information content (AvgIpc) is 2.60. The predicted octanol–water partition coefficient (Wildman–Crippen LogP) is 3.28. The maximum Gasteiger partial charge on any atom is 0.323 e. The van der Waals surface area contributed by atoms with Gasteiger partial charge in [-0.05, 0) is 23.8 Å². The normalized spacial score (nSPS) is 17.1. The van der Waals surface area contributed by atoms with E-state index in [1.165, 1.54) is 0 Å². The van der Waals surface area contributed by atoms with E-state index in [0.29, 0.717) is 20.5 Å². The number of rotatable bonds is 3. The highest BCUT2D eigenvalue weighted by molar-refractivity contribution is 8.26.